The van der Waals surface area contributed by atoms with Gasteiger partial charge in [0.25, 0.3) is 0 Å². The van der Waals surface area contributed by atoms with Crippen LogP contribution in [0, 0.1) is 0 Å². The smallest absolute Gasteiger partial charge is 0.248 e. The maximum atomic E-state index is 5.84. The minimum absolute atomic E-state index is 0.486. The molecule has 0 saturated carbocycles. The van der Waals surface area contributed by atoms with Crippen molar-refractivity contribution in [3.8, 4) is 28.7 Å². The summed E-state index contributed by atoms with van der Waals surface area (Å²) in [5.74, 6) is 1.78. The van der Waals surface area contributed by atoms with Crippen molar-refractivity contribution in [3.05, 3.63) is 96.6 Å². The van der Waals surface area contributed by atoms with Gasteiger partial charge in [-0.1, -0.05) is 55.1 Å². The number of ether oxygens (including phenoxy) is 1. The van der Waals surface area contributed by atoms with E-state index in [4.69, 9.17) is 9.15 Å². The van der Waals surface area contributed by atoms with Crippen molar-refractivity contribution in [3.63, 3.8) is 0 Å². The summed E-state index contributed by atoms with van der Waals surface area (Å²) in [6.45, 7) is 4.27. The van der Waals surface area contributed by atoms with Gasteiger partial charge in [0.2, 0.25) is 11.8 Å². The molecular formula is C23H18N2O2. The summed E-state index contributed by atoms with van der Waals surface area (Å²) >= 11 is 0. The minimum Gasteiger partial charge on any atom is -0.489 e. The molecule has 0 aliphatic rings. The zero-order chi connectivity index (χ0) is 18.5. The van der Waals surface area contributed by atoms with Crippen LogP contribution in [0.1, 0.15) is 11.1 Å². The molecule has 0 atom stereocenters. The summed E-state index contributed by atoms with van der Waals surface area (Å²) in [6.07, 6.45) is 1.82. The maximum absolute atomic E-state index is 5.84. The fraction of sp³-hybridized carbons (Fsp3) is 0.0435. The van der Waals surface area contributed by atoms with Crippen molar-refractivity contribution in [2.75, 3.05) is 0 Å². The first-order valence-corrected chi connectivity index (χ1v) is 8.65. The zero-order valence-electron chi connectivity index (χ0n) is 14.7. The van der Waals surface area contributed by atoms with E-state index in [1.807, 2.05) is 84.9 Å². The second kappa shape index (κ2) is 7.70. The summed E-state index contributed by atoms with van der Waals surface area (Å²) in [5.41, 5.74) is 3.96. The number of hydrogen-bond acceptors (Lipinski definition) is 4. The van der Waals surface area contributed by atoms with E-state index >= 15 is 0 Å². The average molecular weight is 354 g/mol. The van der Waals surface area contributed by atoms with Crippen LogP contribution in [0.3, 0.4) is 0 Å². The predicted molar refractivity (Wildman–Crippen MR) is 106 cm³/mol. The molecule has 0 aliphatic carbocycles. The Morgan fingerprint density at radius 2 is 1.41 bits per heavy atom. The van der Waals surface area contributed by atoms with Crippen LogP contribution >= 0.6 is 0 Å². The first-order valence-electron chi connectivity index (χ1n) is 8.65. The van der Waals surface area contributed by atoms with E-state index in [9.17, 15) is 0 Å². The van der Waals surface area contributed by atoms with E-state index in [1.165, 1.54) is 0 Å². The molecule has 1 aromatic heterocycles. The first-order chi connectivity index (χ1) is 13.3. The standard InChI is InChI=1S/C23H18N2O2/c1-2-17-8-10-18(11-9-17)16-26-21-14-12-20(13-15-21)23-25-24-22(27-23)19-6-4-3-5-7-19/h2-15H,1,16H2. The molecule has 0 radical (unpaired) electrons. The van der Waals surface area contributed by atoms with Gasteiger partial charge in [-0.3, -0.25) is 0 Å². The van der Waals surface area contributed by atoms with Crippen LogP contribution in [-0.2, 0) is 6.61 Å². The predicted octanol–water partition coefficient (Wildman–Crippen LogP) is 5.63. The summed E-state index contributed by atoms with van der Waals surface area (Å²) in [7, 11) is 0. The lowest BCUT2D eigenvalue weighted by Crippen LogP contribution is -1.95. The van der Waals surface area contributed by atoms with Gasteiger partial charge < -0.3 is 9.15 Å². The molecule has 3 aromatic carbocycles. The van der Waals surface area contributed by atoms with Gasteiger partial charge in [0.15, 0.2) is 0 Å². The van der Waals surface area contributed by atoms with Crippen LogP contribution < -0.4 is 4.74 Å². The van der Waals surface area contributed by atoms with E-state index in [0.29, 0.717) is 18.4 Å². The third kappa shape index (κ3) is 3.96. The molecule has 0 bridgehead atoms. The molecule has 4 aromatic rings. The molecule has 0 amide bonds. The lowest BCUT2D eigenvalue weighted by Gasteiger charge is -2.07. The normalized spacial score (nSPS) is 10.5. The second-order valence-corrected chi connectivity index (χ2v) is 6.04. The van der Waals surface area contributed by atoms with Gasteiger partial charge in [-0.15, -0.1) is 10.2 Å². The molecule has 0 fully saturated rings. The van der Waals surface area contributed by atoms with Gasteiger partial charge in [0.1, 0.15) is 12.4 Å². The molecule has 0 saturated heterocycles. The summed E-state index contributed by atoms with van der Waals surface area (Å²) in [5, 5.41) is 8.26. The second-order valence-electron chi connectivity index (χ2n) is 6.04. The Morgan fingerprint density at radius 3 is 2.04 bits per heavy atom. The summed E-state index contributed by atoms with van der Waals surface area (Å²) in [4.78, 5) is 0. The van der Waals surface area contributed by atoms with Crippen molar-refractivity contribution in [1.29, 1.82) is 0 Å². The average Bonchev–Trinajstić information content (AvgIpc) is 3.24. The zero-order valence-corrected chi connectivity index (χ0v) is 14.7. The van der Waals surface area contributed by atoms with Crippen molar-refractivity contribution >= 4 is 6.08 Å². The van der Waals surface area contributed by atoms with Crippen LogP contribution in [0.4, 0.5) is 0 Å². The molecule has 27 heavy (non-hydrogen) atoms. The third-order valence-corrected chi connectivity index (χ3v) is 4.17. The highest BCUT2D eigenvalue weighted by Crippen LogP contribution is 2.25. The molecule has 0 N–H and O–H groups in total. The van der Waals surface area contributed by atoms with Gasteiger partial charge in [0.05, 0.1) is 0 Å². The molecule has 4 nitrogen and oxygen atoms in total. The first kappa shape index (κ1) is 16.8. The van der Waals surface area contributed by atoms with Crippen LogP contribution in [0.5, 0.6) is 5.75 Å². The summed E-state index contributed by atoms with van der Waals surface area (Å²) < 4.78 is 11.6. The van der Waals surface area contributed by atoms with Gasteiger partial charge in [-0.25, -0.2) is 0 Å². The Labute approximate surface area is 157 Å². The van der Waals surface area contributed by atoms with Gasteiger partial charge >= 0.3 is 0 Å². The van der Waals surface area contributed by atoms with Crippen molar-refractivity contribution in [1.82, 2.24) is 10.2 Å². The number of rotatable bonds is 6. The molecule has 0 unspecified atom stereocenters. The lowest BCUT2D eigenvalue weighted by atomic mass is 10.1. The SMILES string of the molecule is C=Cc1ccc(COc2ccc(-c3nnc(-c4ccccc4)o3)cc2)cc1. The van der Waals surface area contributed by atoms with Crippen LogP contribution in [0.2, 0.25) is 0 Å². The van der Waals surface area contributed by atoms with Crippen molar-refractivity contribution in [2.24, 2.45) is 0 Å². The minimum atomic E-state index is 0.486. The Bertz CT molecular complexity index is 1020. The van der Waals surface area contributed by atoms with Gasteiger partial charge in [-0.2, -0.15) is 0 Å². The number of hydrogen-bond donors (Lipinski definition) is 0. The quantitative estimate of drug-likeness (QED) is 0.450. The topological polar surface area (TPSA) is 48.2 Å². The van der Waals surface area contributed by atoms with Crippen molar-refractivity contribution in [2.45, 2.75) is 6.61 Å². The van der Waals surface area contributed by atoms with Crippen LogP contribution in [0.25, 0.3) is 29.0 Å². The monoisotopic (exact) mass is 354 g/mol. The molecular weight excluding hydrogens is 336 g/mol. The Morgan fingerprint density at radius 1 is 0.778 bits per heavy atom. The number of benzene rings is 3. The van der Waals surface area contributed by atoms with E-state index in [0.717, 1.165) is 28.0 Å². The van der Waals surface area contributed by atoms with E-state index in [-0.39, 0.29) is 0 Å². The molecule has 132 valence electrons. The molecule has 4 rings (SSSR count). The Hall–Kier alpha value is -3.66. The molecule has 0 aliphatic heterocycles. The van der Waals surface area contributed by atoms with Crippen LogP contribution in [-0.4, -0.2) is 10.2 Å². The lowest BCUT2D eigenvalue weighted by molar-refractivity contribution is 0.306. The van der Waals surface area contributed by atoms with Crippen molar-refractivity contribution < 1.29 is 9.15 Å². The third-order valence-electron chi connectivity index (χ3n) is 4.17. The maximum Gasteiger partial charge on any atom is 0.248 e. The Kier molecular flexibility index (Phi) is 4.79. The summed E-state index contributed by atoms with van der Waals surface area (Å²) in [6, 6.07) is 25.5. The highest BCUT2D eigenvalue weighted by molar-refractivity contribution is 5.58. The highest BCUT2D eigenvalue weighted by atomic mass is 16.5. The molecule has 0 spiro atoms. The largest absolute Gasteiger partial charge is 0.489 e. The number of nitrogens with zero attached hydrogens (tertiary/aromatic N) is 2. The van der Waals surface area contributed by atoms with Crippen LogP contribution in [0.15, 0.2) is 89.9 Å². The van der Waals surface area contributed by atoms with E-state index < -0.39 is 0 Å². The fourth-order valence-corrected chi connectivity index (χ4v) is 2.65. The fourth-order valence-electron chi connectivity index (χ4n) is 2.65. The van der Waals surface area contributed by atoms with E-state index in [2.05, 4.69) is 16.8 Å². The van der Waals surface area contributed by atoms with Gasteiger partial charge in [0, 0.05) is 11.1 Å². The Balaban J connectivity index is 1.43. The highest BCUT2D eigenvalue weighted by Gasteiger charge is 2.10. The molecule has 1 heterocycles. The number of aromatic nitrogens is 2. The van der Waals surface area contributed by atoms with Gasteiger partial charge in [-0.05, 0) is 47.5 Å². The van der Waals surface area contributed by atoms with E-state index in [1.54, 1.807) is 0 Å². The molecule has 4 heteroatoms.